The highest BCUT2D eigenvalue weighted by Crippen LogP contribution is 2.32. The molecular formula is C27H16N2O8. The molecule has 10 nitrogen and oxygen atoms in total. The van der Waals surface area contributed by atoms with Crippen molar-refractivity contribution in [2.75, 3.05) is 11.9 Å². The largest absolute Gasteiger partial charge is 0.450 e. The Hall–Kier alpha value is -5.38. The third-order valence-electron chi connectivity index (χ3n) is 5.73. The van der Waals surface area contributed by atoms with Crippen LogP contribution in [0.1, 0.15) is 42.4 Å². The van der Waals surface area contributed by atoms with E-state index in [0.717, 1.165) is 0 Å². The summed E-state index contributed by atoms with van der Waals surface area (Å²) < 4.78 is 10.5. The van der Waals surface area contributed by atoms with Crippen LogP contribution in [0.25, 0.3) is 11.3 Å². The molecule has 1 amide bonds. The number of nitro groups is 1. The molecule has 1 aliphatic rings. The highest BCUT2D eigenvalue weighted by molar-refractivity contribution is 6.30. The number of fused-ring (bicyclic) bond motifs is 2. The van der Waals surface area contributed by atoms with Crippen molar-refractivity contribution in [2.24, 2.45) is 0 Å². The van der Waals surface area contributed by atoms with Crippen molar-refractivity contribution in [1.29, 1.82) is 0 Å². The zero-order valence-electron chi connectivity index (χ0n) is 18.9. The van der Waals surface area contributed by atoms with Crippen LogP contribution in [0.2, 0.25) is 0 Å². The summed E-state index contributed by atoms with van der Waals surface area (Å²) in [4.78, 5) is 61.0. The molecule has 0 bridgehead atoms. The number of hydrogen-bond donors (Lipinski definition) is 1. The highest BCUT2D eigenvalue weighted by atomic mass is 16.6. The summed E-state index contributed by atoms with van der Waals surface area (Å²) in [6.07, 6.45) is 0. The van der Waals surface area contributed by atoms with Crippen LogP contribution in [-0.4, -0.2) is 35.0 Å². The quantitative estimate of drug-likeness (QED) is 0.206. The Balaban J connectivity index is 1.26. The first-order chi connectivity index (χ1) is 17.8. The van der Waals surface area contributed by atoms with Gasteiger partial charge in [0.15, 0.2) is 18.2 Å². The second-order valence-electron chi connectivity index (χ2n) is 8.02. The number of anilines is 1. The topological polar surface area (TPSA) is 146 Å². The number of furan rings is 1. The number of ether oxygens (including phenoxy) is 1. The van der Waals surface area contributed by atoms with Gasteiger partial charge < -0.3 is 14.5 Å². The Bertz CT molecular complexity index is 1600. The average Bonchev–Trinajstić information content (AvgIpc) is 3.41. The maximum Gasteiger partial charge on any atom is 0.374 e. The van der Waals surface area contributed by atoms with Gasteiger partial charge in [-0.1, -0.05) is 36.4 Å². The number of carbonyl (C=O) groups excluding carboxylic acids is 4. The van der Waals surface area contributed by atoms with E-state index in [-0.39, 0.29) is 45.4 Å². The Morgan fingerprint density at radius 3 is 2.22 bits per heavy atom. The number of ketones is 2. The minimum Gasteiger partial charge on any atom is -0.450 e. The van der Waals surface area contributed by atoms with Crippen LogP contribution in [0.5, 0.6) is 0 Å². The van der Waals surface area contributed by atoms with Crippen LogP contribution in [-0.2, 0) is 9.53 Å². The van der Waals surface area contributed by atoms with Crippen LogP contribution in [0.3, 0.4) is 0 Å². The van der Waals surface area contributed by atoms with Crippen molar-refractivity contribution in [3.8, 4) is 11.3 Å². The molecule has 1 aromatic heterocycles. The number of non-ortho nitro benzene ring substituents is 1. The standard InChI is InChI=1S/C27H16N2O8/c30-23(14-36-27(33)22-13-12-21(37-22)15-8-10-16(11-9-15)29(34)35)28-20-7-3-6-19-24(20)26(32)18-5-2-1-4-17(18)25(19)31/h1-13H,14H2,(H,28,30). The van der Waals surface area contributed by atoms with E-state index < -0.39 is 29.2 Å². The zero-order valence-corrected chi connectivity index (χ0v) is 18.9. The fourth-order valence-corrected chi connectivity index (χ4v) is 3.99. The molecule has 0 spiro atoms. The lowest BCUT2D eigenvalue weighted by Crippen LogP contribution is -2.26. The average molecular weight is 496 g/mol. The summed E-state index contributed by atoms with van der Waals surface area (Å²) in [5, 5.41) is 13.3. The van der Waals surface area contributed by atoms with E-state index in [4.69, 9.17) is 9.15 Å². The van der Waals surface area contributed by atoms with Crippen molar-refractivity contribution in [3.05, 3.63) is 117 Å². The summed E-state index contributed by atoms with van der Waals surface area (Å²) in [6, 6.07) is 19.4. The van der Waals surface area contributed by atoms with Gasteiger partial charge in [-0.3, -0.25) is 24.5 Å². The molecule has 0 saturated carbocycles. The minimum atomic E-state index is -0.904. The molecule has 1 N–H and O–H groups in total. The molecule has 182 valence electrons. The van der Waals surface area contributed by atoms with Gasteiger partial charge in [-0.2, -0.15) is 0 Å². The number of amides is 1. The number of benzene rings is 3. The van der Waals surface area contributed by atoms with E-state index in [2.05, 4.69) is 5.32 Å². The second-order valence-corrected chi connectivity index (χ2v) is 8.02. The molecule has 0 aliphatic heterocycles. The second kappa shape index (κ2) is 9.34. The van der Waals surface area contributed by atoms with Gasteiger partial charge in [0.05, 0.1) is 16.2 Å². The van der Waals surface area contributed by atoms with E-state index in [1.165, 1.54) is 48.5 Å². The smallest absolute Gasteiger partial charge is 0.374 e. The first-order valence-electron chi connectivity index (χ1n) is 11.0. The summed E-state index contributed by atoms with van der Waals surface area (Å²) in [6.45, 7) is -0.672. The first kappa shape index (κ1) is 23.4. The Kier molecular flexibility index (Phi) is 5.90. The lowest BCUT2D eigenvalue weighted by molar-refractivity contribution is -0.384. The van der Waals surface area contributed by atoms with Crippen molar-refractivity contribution < 1.29 is 33.3 Å². The molecule has 4 aromatic rings. The van der Waals surface area contributed by atoms with Gasteiger partial charge in [0.2, 0.25) is 5.76 Å². The summed E-state index contributed by atoms with van der Waals surface area (Å²) in [5.74, 6) is -2.23. The maximum atomic E-state index is 13.0. The molecule has 37 heavy (non-hydrogen) atoms. The number of hydrogen-bond acceptors (Lipinski definition) is 8. The zero-order chi connectivity index (χ0) is 26.1. The van der Waals surface area contributed by atoms with Crippen molar-refractivity contribution in [2.45, 2.75) is 0 Å². The molecule has 0 radical (unpaired) electrons. The SMILES string of the molecule is O=C(COC(=O)c1ccc(-c2ccc([N+](=O)[O-])cc2)o1)Nc1cccc2c1C(=O)c1ccccc1C2=O. The lowest BCUT2D eigenvalue weighted by atomic mass is 9.83. The number of nitrogens with zero attached hydrogens (tertiary/aromatic N) is 1. The Morgan fingerprint density at radius 2 is 1.51 bits per heavy atom. The van der Waals surface area contributed by atoms with E-state index in [0.29, 0.717) is 11.1 Å². The molecular weight excluding hydrogens is 480 g/mol. The molecule has 0 saturated heterocycles. The fraction of sp³-hybridized carbons (Fsp3) is 0.0370. The van der Waals surface area contributed by atoms with Crippen LogP contribution in [0, 0.1) is 10.1 Å². The molecule has 1 heterocycles. The number of nitro benzene ring substituents is 1. The van der Waals surface area contributed by atoms with Gasteiger partial charge in [0, 0.05) is 34.4 Å². The van der Waals surface area contributed by atoms with Crippen molar-refractivity contribution in [3.63, 3.8) is 0 Å². The van der Waals surface area contributed by atoms with E-state index in [9.17, 15) is 29.3 Å². The number of esters is 1. The molecule has 3 aromatic carbocycles. The van der Waals surface area contributed by atoms with Crippen LogP contribution < -0.4 is 5.32 Å². The molecule has 5 rings (SSSR count). The summed E-state index contributed by atoms with van der Waals surface area (Å²) in [7, 11) is 0. The first-order valence-corrected chi connectivity index (χ1v) is 11.0. The Morgan fingerprint density at radius 1 is 0.838 bits per heavy atom. The summed E-state index contributed by atoms with van der Waals surface area (Å²) in [5.41, 5.74) is 1.34. The van der Waals surface area contributed by atoms with Crippen LogP contribution in [0.4, 0.5) is 11.4 Å². The molecule has 0 fully saturated rings. The number of rotatable bonds is 6. The highest BCUT2D eigenvalue weighted by Gasteiger charge is 2.31. The predicted octanol–water partition coefficient (Wildman–Crippen LogP) is 4.43. The van der Waals surface area contributed by atoms with E-state index >= 15 is 0 Å². The fourth-order valence-electron chi connectivity index (χ4n) is 3.99. The normalized spacial score (nSPS) is 11.9. The van der Waals surface area contributed by atoms with Crippen LogP contribution >= 0.6 is 0 Å². The van der Waals surface area contributed by atoms with Gasteiger partial charge in [-0.05, 0) is 30.3 Å². The van der Waals surface area contributed by atoms with Gasteiger partial charge in [-0.15, -0.1) is 0 Å². The maximum absolute atomic E-state index is 13.0. The van der Waals surface area contributed by atoms with Gasteiger partial charge >= 0.3 is 5.97 Å². The van der Waals surface area contributed by atoms with Gasteiger partial charge in [0.1, 0.15) is 5.76 Å². The van der Waals surface area contributed by atoms with E-state index in [1.54, 1.807) is 30.3 Å². The molecule has 10 heteroatoms. The third-order valence-corrected chi connectivity index (χ3v) is 5.73. The summed E-state index contributed by atoms with van der Waals surface area (Å²) >= 11 is 0. The Labute approximate surface area is 208 Å². The molecule has 0 atom stereocenters. The van der Waals surface area contributed by atoms with Crippen molar-refractivity contribution >= 4 is 34.8 Å². The van der Waals surface area contributed by atoms with E-state index in [1.807, 2.05) is 0 Å². The minimum absolute atomic E-state index is 0.0738. The van der Waals surface area contributed by atoms with Gasteiger partial charge in [0.25, 0.3) is 11.6 Å². The lowest BCUT2D eigenvalue weighted by Gasteiger charge is -2.20. The van der Waals surface area contributed by atoms with Gasteiger partial charge in [-0.25, -0.2) is 4.79 Å². The predicted molar refractivity (Wildman–Crippen MR) is 129 cm³/mol. The monoisotopic (exact) mass is 496 g/mol. The number of carbonyl (C=O) groups is 4. The number of nitrogens with one attached hydrogen (secondary N) is 1. The molecule has 0 unspecified atom stereocenters. The molecule has 1 aliphatic carbocycles. The third kappa shape index (κ3) is 4.39. The van der Waals surface area contributed by atoms with Crippen molar-refractivity contribution in [1.82, 2.24) is 0 Å². The van der Waals surface area contributed by atoms with Crippen LogP contribution in [0.15, 0.2) is 83.3 Å².